The van der Waals surface area contributed by atoms with Crippen molar-refractivity contribution >= 4 is 23.2 Å². The van der Waals surface area contributed by atoms with Crippen LogP contribution in [0.1, 0.15) is 11.1 Å². The van der Waals surface area contributed by atoms with Crippen molar-refractivity contribution in [1.82, 2.24) is 14.8 Å². The van der Waals surface area contributed by atoms with Crippen LogP contribution < -0.4 is 0 Å². The first-order chi connectivity index (χ1) is 7.20. The Labute approximate surface area is 97.7 Å². The first-order valence-corrected chi connectivity index (χ1v) is 5.34. The highest BCUT2D eigenvalue weighted by atomic mass is 35.5. The highest BCUT2D eigenvalue weighted by Crippen LogP contribution is 2.15. The molecule has 0 spiro atoms. The first kappa shape index (κ1) is 10.5. The van der Waals surface area contributed by atoms with E-state index in [9.17, 15) is 0 Å². The Morgan fingerprint density at radius 2 is 2.20 bits per heavy atom. The summed E-state index contributed by atoms with van der Waals surface area (Å²) >= 11 is 11.5. The Hall–Kier alpha value is -1.06. The molecule has 0 atom stereocenters. The Kier molecular flexibility index (Phi) is 2.93. The number of pyridine rings is 1. The van der Waals surface area contributed by atoms with Gasteiger partial charge in [0.25, 0.3) is 0 Å². The van der Waals surface area contributed by atoms with Gasteiger partial charge in [-0.3, -0.25) is 0 Å². The van der Waals surface area contributed by atoms with Crippen LogP contribution in [0.4, 0.5) is 0 Å². The molecule has 0 aliphatic carbocycles. The number of halogens is 2. The average molecular weight is 242 g/mol. The number of hydrogen-bond acceptors (Lipinski definition) is 2. The molecule has 2 aromatic rings. The number of aryl methyl sites for hydroxylation is 1. The van der Waals surface area contributed by atoms with Gasteiger partial charge in [0.2, 0.25) is 0 Å². The molecule has 2 rings (SSSR count). The minimum Gasteiger partial charge on any atom is -0.237 e. The zero-order valence-electron chi connectivity index (χ0n) is 8.11. The van der Waals surface area contributed by atoms with Crippen LogP contribution in [0.2, 0.25) is 5.02 Å². The number of hydrogen-bond donors (Lipinski definition) is 0. The molecule has 0 amide bonds. The topological polar surface area (TPSA) is 30.7 Å². The van der Waals surface area contributed by atoms with Crippen LogP contribution in [-0.2, 0) is 5.88 Å². The van der Waals surface area contributed by atoms with E-state index in [0.29, 0.717) is 10.9 Å². The molecule has 2 heterocycles. The lowest BCUT2D eigenvalue weighted by atomic mass is 10.2. The van der Waals surface area contributed by atoms with E-state index in [-0.39, 0.29) is 0 Å². The molecule has 0 radical (unpaired) electrons. The fourth-order valence-electron chi connectivity index (χ4n) is 1.36. The first-order valence-electron chi connectivity index (χ1n) is 4.42. The Balaban J connectivity index is 2.45. The summed E-state index contributed by atoms with van der Waals surface area (Å²) in [6.45, 7) is 1.97. The van der Waals surface area contributed by atoms with Gasteiger partial charge in [0.15, 0.2) is 5.82 Å². The largest absolute Gasteiger partial charge is 0.237 e. The van der Waals surface area contributed by atoms with Crippen LogP contribution in [-0.4, -0.2) is 14.8 Å². The van der Waals surface area contributed by atoms with Crippen LogP contribution in [0.3, 0.4) is 0 Å². The molecule has 0 aromatic carbocycles. The van der Waals surface area contributed by atoms with Crippen molar-refractivity contribution in [2.24, 2.45) is 0 Å². The lowest BCUT2D eigenvalue weighted by Gasteiger charge is -2.05. The minimum absolute atomic E-state index is 0.466. The summed E-state index contributed by atoms with van der Waals surface area (Å²) in [5.41, 5.74) is 2.02. The van der Waals surface area contributed by atoms with Gasteiger partial charge in [-0.15, -0.1) is 11.6 Å². The molecular weight excluding hydrogens is 233 g/mol. The molecule has 0 unspecified atom stereocenters. The Morgan fingerprint density at radius 1 is 1.40 bits per heavy atom. The third-order valence-corrected chi connectivity index (χ3v) is 2.53. The van der Waals surface area contributed by atoms with Gasteiger partial charge in [-0.05, 0) is 24.1 Å². The van der Waals surface area contributed by atoms with Crippen molar-refractivity contribution in [3.8, 4) is 5.82 Å². The summed E-state index contributed by atoms with van der Waals surface area (Å²) < 4.78 is 1.65. The standard InChI is InChI=1S/C10H9Cl2N3/c1-7-2-8(3-11)4-13-10(7)15-6-9(12)5-14-15/h2,4-6H,3H2,1H3. The number of nitrogens with zero attached hydrogens (tertiary/aromatic N) is 3. The maximum Gasteiger partial charge on any atom is 0.156 e. The second-order valence-electron chi connectivity index (χ2n) is 3.22. The van der Waals surface area contributed by atoms with Gasteiger partial charge >= 0.3 is 0 Å². The highest BCUT2D eigenvalue weighted by molar-refractivity contribution is 6.30. The number of rotatable bonds is 2. The van der Waals surface area contributed by atoms with E-state index >= 15 is 0 Å². The normalized spacial score (nSPS) is 10.6. The van der Waals surface area contributed by atoms with Crippen molar-refractivity contribution in [3.63, 3.8) is 0 Å². The molecule has 0 bridgehead atoms. The molecular formula is C10H9Cl2N3. The summed E-state index contributed by atoms with van der Waals surface area (Å²) in [7, 11) is 0. The van der Waals surface area contributed by atoms with E-state index < -0.39 is 0 Å². The van der Waals surface area contributed by atoms with E-state index in [0.717, 1.165) is 16.9 Å². The van der Waals surface area contributed by atoms with E-state index in [1.54, 1.807) is 23.3 Å². The van der Waals surface area contributed by atoms with E-state index in [1.165, 1.54) is 0 Å². The summed E-state index contributed by atoms with van der Waals surface area (Å²) in [5.74, 6) is 1.24. The fraction of sp³-hybridized carbons (Fsp3) is 0.200. The quantitative estimate of drug-likeness (QED) is 0.758. The summed E-state index contributed by atoms with van der Waals surface area (Å²) in [6, 6.07) is 1.99. The fourth-order valence-corrected chi connectivity index (χ4v) is 1.64. The molecule has 5 heteroatoms. The maximum absolute atomic E-state index is 5.79. The van der Waals surface area contributed by atoms with Gasteiger partial charge in [-0.2, -0.15) is 5.10 Å². The smallest absolute Gasteiger partial charge is 0.156 e. The molecule has 2 aromatic heterocycles. The molecule has 15 heavy (non-hydrogen) atoms. The summed E-state index contributed by atoms with van der Waals surface area (Å²) in [6.07, 6.45) is 5.04. The van der Waals surface area contributed by atoms with Crippen molar-refractivity contribution in [3.05, 3.63) is 40.8 Å². The zero-order valence-corrected chi connectivity index (χ0v) is 9.63. The lowest BCUT2D eigenvalue weighted by molar-refractivity contribution is 0.836. The summed E-state index contributed by atoms with van der Waals surface area (Å²) in [4.78, 5) is 4.29. The Bertz CT molecular complexity index is 479. The molecule has 0 saturated heterocycles. The number of alkyl halides is 1. The molecule has 0 N–H and O–H groups in total. The zero-order chi connectivity index (χ0) is 10.8. The SMILES string of the molecule is Cc1cc(CCl)cnc1-n1cc(Cl)cn1. The van der Waals surface area contributed by atoms with Crippen LogP contribution in [0.15, 0.2) is 24.7 Å². The molecule has 78 valence electrons. The van der Waals surface area contributed by atoms with E-state index in [1.807, 2.05) is 13.0 Å². The van der Waals surface area contributed by atoms with Gasteiger partial charge in [0, 0.05) is 12.1 Å². The highest BCUT2D eigenvalue weighted by Gasteiger charge is 2.05. The molecule has 3 nitrogen and oxygen atoms in total. The van der Waals surface area contributed by atoms with Gasteiger partial charge in [0.1, 0.15) is 0 Å². The van der Waals surface area contributed by atoms with Gasteiger partial charge in [0.05, 0.1) is 17.4 Å². The molecule has 0 aliphatic rings. The van der Waals surface area contributed by atoms with Crippen LogP contribution in [0.5, 0.6) is 0 Å². The van der Waals surface area contributed by atoms with E-state index in [4.69, 9.17) is 23.2 Å². The third-order valence-electron chi connectivity index (χ3n) is 2.03. The monoisotopic (exact) mass is 241 g/mol. The van der Waals surface area contributed by atoms with Crippen molar-refractivity contribution in [2.75, 3.05) is 0 Å². The molecule has 0 aliphatic heterocycles. The molecule has 0 fully saturated rings. The van der Waals surface area contributed by atoms with Crippen LogP contribution in [0, 0.1) is 6.92 Å². The lowest BCUT2D eigenvalue weighted by Crippen LogP contribution is -2.01. The number of aromatic nitrogens is 3. The Morgan fingerprint density at radius 3 is 2.73 bits per heavy atom. The van der Waals surface area contributed by atoms with Crippen molar-refractivity contribution in [1.29, 1.82) is 0 Å². The second kappa shape index (κ2) is 4.21. The van der Waals surface area contributed by atoms with Gasteiger partial charge in [-0.1, -0.05) is 11.6 Å². The maximum atomic E-state index is 5.79. The predicted octanol–water partition coefficient (Wildman–Crippen LogP) is 2.97. The second-order valence-corrected chi connectivity index (χ2v) is 3.92. The summed E-state index contributed by atoms with van der Waals surface area (Å²) in [5, 5.41) is 4.69. The van der Waals surface area contributed by atoms with Gasteiger partial charge in [-0.25, -0.2) is 9.67 Å². The van der Waals surface area contributed by atoms with Crippen LogP contribution in [0.25, 0.3) is 5.82 Å². The molecule has 0 saturated carbocycles. The average Bonchev–Trinajstić information content (AvgIpc) is 2.64. The van der Waals surface area contributed by atoms with E-state index in [2.05, 4.69) is 10.1 Å². The van der Waals surface area contributed by atoms with Gasteiger partial charge < -0.3 is 0 Å². The van der Waals surface area contributed by atoms with Crippen molar-refractivity contribution in [2.45, 2.75) is 12.8 Å². The van der Waals surface area contributed by atoms with Crippen LogP contribution >= 0.6 is 23.2 Å². The van der Waals surface area contributed by atoms with Crippen molar-refractivity contribution < 1.29 is 0 Å². The predicted molar refractivity (Wildman–Crippen MR) is 60.7 cm³/mol. The third kappa shape index (κ3) is 2.13. The minimum atomic E-state index is 0.466.